The van der Waals surface area contributed by atoms with Gasteiger partial charge in [0.1, 0.15) is 0 Å². The van der Waals surface area contributed by atoms with Crippen LogP contribution in [0.4, 0.5) is 0 Å². The van der Waals surface area contributed by atoms with Gasteiger partial charge in [-0.2, -0.15) is 0 Å². The van der Waals surface area contributed by atoms with Gasteiger partial charge >= 0.3 is 0 Å². The van der Waals surface area contributed by atoms with Crippen LogP contribution in [0.25, 0.3) is 0 Å². The molecule has 3 heteroatoms. The molecule has 0 aliphatic carbocycles. The van der Waals surface area contributed by atoms with E-state index >= 15 is 0 Å². The average Bonchev–Trinajstić information content (AvgIpc) is 2.82. The molecule has 1 aromatic heterocycles. The van der Waals surface area contributed by atoms with Crippen molar-refractivity contribution in [3.05, 3.63) is 21.9 Å². The fourth-order valence-electron chi connectivity index (χ4n) is 3.23. The maximum absolute atomic E-state index is 3.71. The summed E-state index contributed by atoms with van der Waals surface area (Å²) in [7, 11) is 0. The minimum Gasteiger partial charge on any atom is -0.314 e. The lowest BCUT2D eigenvalue weighted by molar-refractivity contribution is 0.111. The maximum atomic E-state index is 3.71. The molecule has 2 rings (SSSR count). The van der Waals surface area contributed by atoms with E-state index in [2.05, 4.69) is 50.0 Å². The zero-order chi connectivity index (χ0) is 14.5. The lowest BCUT2D eigenvalue weighted by Gasteiger charge is -2.40. The number of nitrogens with zero attached hydrogens (tertiary/aromatic N) is 1. The summed E-state index contributed by atoms with van der Waals surface area (Å²) in [6, 6.07) is 5.94. The van der Waals surface area contributed by atoms with Gasteiger partial charge in [0.15, 0.2) is 0 Å². The number of hydrogen-bond acceptors (Lipinski definition) is 3. The zero-order valence-corrected chi connectivity index (χ0v) is 14.3. The van der Waals surface area contributed by atoms with Gasteiger partial charge in [-0.25, -0.2) is 0 Å². The summed E-state index contributed by atoms with van der Waals surface area (Å²) >= 11 is 1.95. The van der Waals surface area contributed by atoms with Crippen LogP contribution in [-0.2, 0) is 6.42 Å². The Morgan fingerprint density at radius 3 is 2.85 bits per heavy atom. The van der Waals surface area contributed by atoms with Crippen LogP contribution in [0.2, 0.25) is 0 Å². The van der Waals surface area contributed by atoms with E-state index in [1.165, 1.54) is 48.7 Å². The molecule has 1 aromatic rings. The summed E-state index contributed by atoms with van der Waals surface area (Å²) in [6.07, 6.45) is 3.74. The minimum absolute atomic E-state index is 0.669. The molecule has 0 spiro atoms. The Bertz CT molecular complexity index is 401. The second-order valence-corrected chi connectivity index (χ2v) is 7.76. The van der Waals surface area contributed by atoms with Crippen molar-refractivity contribution < 1.29 is 0 Å². The standard InChI is InChI=1S/C17H30N2S/c1-5-9-18-17-8-10-19(12-13(17)2)14(3)11-16-7-6-15(4)20-16/h6-7,13-14,17-18H,5,8-12H2,1-4H3. The summed E-state index contributed by atoms with van der Waals surface area (Å²) in [5, 5.41) is 3.71. The summed E-state index contributed by atoms with van der Waals surface area (Å²) in [6.45, 7) is 12.9. The van der Waals surface area contributed by atoms with Crippen LogP contribution < -0.4 is 5.32 Å². The van der Waals surface area contributed by atoms with Crippen molar-refractivity contribution in [1.82, 2.24) is 10.2 Å². The number of likely N-dealkylation sites (tertiary alicyclic amines) is 1. The zero-order valence-electron chi connectivity index (χ0n) is 13.5. The Morgan fingerprint density at radius 1 is 1.45 bits per heavy atom. The molecule has 0 saturated carbocycles. The molecule has 0 aromatic carbocycles. The third kappa shape index (κ3) is 4.31. The molecule has 3 unspecified atom stereocenters. The molecule has 0 radical (unpaired) electrons. The average molecular weight is 295 g/mol. The van der Waals surface area contributed by atoms with E-state index in [1.807, 2.05) is 11.3 Å². The first-order valence-corrected chi connectivity index (χ1v) is 8.94. The summed E-state index contributed by atoms with van der Waals surface area (Å²) in [5.74, 6) is 0.767. The quantitative estimate of drug-likeness (QED) is 0.860. The first-order valence-electron chi connectivity index (χ1n) is 8.13. The number of thiophene rings is 1. The van der Waals surface area contributed by atoms with Crippen LogP contribution in [0, 0.1) is 12.8 Å². The molecule has 3 atom stereocenters. The van der Waals surface area contributed by atoms with E-state index in [-0.39, 0.29) is 0 Å². The van der Waals surface area contributed by atoms with Gasteiger partial charge in [0.05, 0.1) is 0 Å². The van der Waals surface area contributed by atoms with Gasteiger partial charge in [0.2, 0.25) is 0 Å². The predicted octanol–water partition coefficient (Wildman–Crippen LogP) is 3.70. The third-order valence-corrected chi connectivity index (χ3v) is 5.53. The second-order valence-electron chi connectivity index (χ2n) is 6.39. The van der Waals surface area contributed by atoms with E-state index in [1.54, 1.807) is 0 Å². The normalized spacial score (nSPS) is 25.8. The Hall–Kier alpha value is -0.380. The van der Waals surface area contributed by atoms with Crippen LogP contribution in [0.5, 0.6) is 0 Å². The molecule has 2 nitrogen and oxygen atoms in total. The predicted molar refractivity (Wildman–Crippen MR) is 89.7 cm³/mol. The molecular formula is C17H30N2S. The smallest absolute Gasteiger partial charge is 0.0117 e. The number of nitrogens with one attached hydrogen (secondary N) is 1. The molecule has 2 heterocycles. The van der Waals surface area contributed by atoms with Crippen LogP contribution in [0.15, 0.2) is 12.1 Å². The maximum Gasteiger partial charge on any atom is 0.0117 e. The van der Waals surface area contributed by atoms with Crippen molar-refractivity contribution >= 4 is 11.3 Å². The Kier molecular flexibility index (Phi) is 6.06. The van der Waals surface area contributed by atoms with Gasteiger partial charge in [0, 0.05) is 28.4 Å². The number of piperidine rings is 1. The highest BCUT2D eigenvalue weighted by molar-refractivity contribution is 7.11. The summed E-state index contributed by atoms with van der Waals surface area (Å²) < 4.78 is 0. The molecule has 0 bridgehead atoms. The molecule has 20 heavy (non-hydrogen) atoms. The Labute approximate surface area is 128 Å². The summed E-state index contributed by atoms with van der Waals surface area (Å²) in [4.78, 5) is 5.65. The van der Waals surface area contributed by atoms with Crippen LogP contribution >= 0.6 is 11.3 Å². The molecule has 114 valence electrons. The molecule has 1 saturated heterocycles. The van der Waals surface area contributed by atoms with Crippen molar-refractivity contribution in [2.45, 2.75) is 59.0 Å². The monoisotopic (exact) mass is 294 g/mol. The van der Waals surface area contributed by atoms with Gasteiger partial charge in [-0.15, -0.1) is 11.3 Å². The topological polar surface area (TPSA) is 15.3 Å². The molecule has 1 aliphatic rings. The SMILES string of the molecule is CCCNC1CCN(C(C)Cc2ccc(C)s2)CC1C. The highest BCUT2D eigenvalue weighted by Crippen LogP contribution is 2.23. The number of aryl methyl sites for hydroxylation is 1. The number of hydrogen-bond donors (Lipinski definition) is 1. The van der Waals surface area contributed by atoms with Crippen molar-refractivity contribution in [2.75, 3.05) is 19.6 Å². The van der Waals surface area contributed by atoms with Crippen LogP contribution in [-0.4, -0.2) is 36.6 Å². The Morgan fingerprint density at radius 2 is 2.25 bits per heavy atom. The highest BCUT2D eigenvalue weighted by Gasteiger charge is 2.28. The number of rotatable bonds is 6. The molecule has 1 aliphatic heterocycles. The van der Waals surface area contributed by atoms with E-state index in [4.69, 9.17) is 0 Å². The van der Waals surface area contributed by atoms with Crippen LogP contribution in [0.1, 0.15) is 43.4 Å². The van der Waals surface area contributed by atoms with Crippen molar-refractivity contribution in [3.8, 4) is 0 Å². The summed E-state index contributed by atoms with van der Waals surface area (Å²) in [5.41, 5.74) is 0. The van der Waals surface area contributed by atoms with E-state index in [9.17, 15) is 0 Å². The van der Waals surface area contributed by atoms with E-state index in [0.29, 0.717) is 6.04 Å². The first-order chi connectivity index (χ1) is 9.60. The van der Waals surface area contributed by atoms with Gasteiger partial charge in [-0.1, -0.05) is 13.8 Å². The van der Waals surface area contributed by atoms with E-state index in [0.717, 1.165) is 12.0 Å². The lowest BCUT2D eigenvalue weighted by Crippen LogP contribution is -2.51. The fraction of sp³-hybridized carbons (Fsp3) is 0.765. The second kappa shape index (κ2) is 7.58. The van der Waals surface area contributed by atoms with Crippen LogP contribution in [0.3, 0.4) is 0 Å². The molecular weight excluding hydrogens is 264 g/mol. The van der Waals surface area contributed by atoms with Gasteiger partial charge < -0.3 is 5.32 Å². The molecule has 1 N–H and O–H groups in total. The minimum atomic E-state index is 0.669. The van der Waals surface area contributed by atoms with Crippen molar-refractivity contribution in [1.29, 1.82) is 0 Å². The third-order valence-electron chi connectivity index (χ3n) is 4.51. The highest BCUT2D eigenvalue weighted by atomic mass is 32.1. The Balaban J connectivity index is 1.82. The van der Waals surface area contributed by atoms with Gasteiger partial charge in [-0.3, -0.25) is 4.90 Å². The van der Waals surface area contributed by atoms with Gasteiger partial charge in [-0.05, 0) is 64.3 Å². The lowest BCUT2D eigenvalue weighted by atomic mass is 9.92. The first kappa shape index (κ1) is 16.0. The fourth-order valence-corrected chi connectivity index (χ4v) is 4.24. The van der Waals surface area contributed by atoms with Crippen molar-refractivity contribution in [2.24, 2.45) is 5.92 Å². The molecule has 0 amide bonds. The molecule has 1 fully saturated rings. The van der Waals surface area contributed by atoms with Gasteiger partial charge in [0.25, 0.3) is 0 Å². The largest absolute Gasteiger partial charge is 0.314 e. The van der Waals surface area contributed by atoms with Crippen molar-refractivity contribution in [3.63, 3.8) is 0 Å². The van der Waals surface area contributed by atoms with E-state index < -0.39 is 0 Å².